The lowest BCUT2D eigenvalue weighted by molar-refractivity contribution is -0.153. The largest absolute Gasteiger partial charge is 0.481 e. The Hall–Kier alpha value is -1.82. The van der Waals surface area contributed by atoms with Crippen LogP contribution in [0.3, 0.4) is 0 Å². The van der Waals surface area contributed by atoms with E-state index >= 15 is 0 Å². The zero-order valence-electron chi connectivity index (χ0n) is 27.8. The van der Waals surface area contributed by atoms with Crippen molar-refractivity contribution in [2.45, 2.75) is 141 Å². The molecule has 0 unspecified atom stereocenters. The number of hydrogen-bond donors (Lipinski definition) is 2. The molecule has 3 rings (SSSR count). The topological polar surface area (TPSA) is 116 Å². The monoisotopic (exact) mass is 621 g/mol. The Labute approximate surface area is 259 Å². The molecule has 244 valence electrons. The summed E-state index contributed by atoms with van der Waals surface area (Å²) in [7, 11) is -0.540. The minimum absolute atomic E-state index is 0.0139. The van der Waals surface area contributed by atoms with Crippen molar-refractivity contribution >= 4 is 20.2 Å². The zero-order chi connectivity index (χ0) is 32.2. The Morgan fingerprint density at radius 2 is 1.86 bits per heavy atom. The van der Waals surface area contributed by atoms with E-state index in [2.05, 4.69) is 59.1 Å². The molecule has 3 aliphatic rings. The van der Waals surface area contributed by atoms with Crippen LogP contribution in [0.15, 0.2) is 36.0 Å². The van der Waals surface area contributed by atoms with Crippen molar-refractivity contribution in [3.05, 3.63) is 36.0 Å². The molecule has 9 atom stereocenters. The number of carbonyl (C=O) groups is 2. The van der Waals surface area contributed by atoms with Crippen LogP contribution in [0.5, 0.6) is 0 Å². The fourth-order valence-electron chi connectivity index (χ4n) is 5.51. The van der Waals surface area contributed by atoms with Gasteiger partial charge in [0.05, 0.1) is 43.5 Å². The van der Waals surface area contributed by atoms with Gasteiger partial charge < -0.3 is 33.8 Å². The Balaban J connectivity index is 1.66. The maximum Gasteiger partial charge on any atom is 0.305 e. The highest BCUT2D eigenvalue weighted by atomic mass is 28.4. The third-order valence-corrected chi connectivity index (χ3v) is 14.0. The third-order valence-electron chi connectivity index (χ3n) is 9.54. The Morgan fingerprint density at radius 3 is 2.44 bits per heavy atom. The van der Waals surface area contributed by atoms with Crippen LogP contribution in [0.4, 0.5) is 0 Å². The second-order valence-electron chi connectivity index (χ2n) is 14.2. The lowest BCUT2D eigenvalue weighted by Gasteiger charge is -2.46. The van der Waals surface area contributed by atoms with Gasteiger partial charge in [-0.25, -0.2) is 0 Å². The Morgan fingerprint density at radius 1 is 1.19 bits per heavy atom. The number of hydrogen-bond acceptors (Lipinski definition) is 7. The van der Waals surface area contributed by atoms with E-state index in [1.807, 2.05) is 26.0 Å². The first-order valence-electron chi connectivity index (χ1n) is 15.7. The quantitative estimate of drug-likeness (QED) is 0.126. The number of carboxylic acid groups (broad SMARTS) is 1. The summed E-state index contributed by atoms with van der Waals surface area (Å²) in [6.45, 7) is 19.7. The van der Waals surface area contributed by atoms with Gasteiger partial charge in [-0.15, -0.1) is 0 Å². The van der Waals surface area contributed by atoms with E-state index in [4.69, 9.17) is 23.4 Å². The number of nitrogens with one attached hydrogen (secondary N) is 1. The molecule has 0 bridgehead atoms. The van der Waals surface area contributed by atoms with Gasteiger partial charge in [-0.3, -0.25) is 9.59 Å². The standard InChI is InChI=1S/C33H55NO8Si/c1-21(11-14-27-22(2)17-26(24(4)40-27)34-29(35)16-13-23(3)38-8)12-15-28-31(42-43(9,10)32(5,6)7)33(20-39-33)19-25(41-28)18-30(36)37/h11-13,15-16,22-28,31H,14,17-20H2,1-10H3,(H,34,35)(H,36,37)/t22-,23-,24+,25+,26+,27-,28+,31+,33+/m0/s1. The molecule has 0 aliphatic carbocycles. The summed E-state index contributed by atoms with van der Waals surface area (Å²) in [4.78, 5) is 23.9. The molecule has 0 aromatic rings. The summed E-state index contributed by atoms with van der Waals surface area (Å²) in [5.41, 5.74) is 0.572. The molecular formula is C33H55NO8Si. The van der Waals surface area contributed by atoms with Gasteiger partial charge in [-0.2, -0.15) is 0 Å². The van der Waals surface area contributed by atoms with Crippen LogP contribution in [0.25, 0.3) is 0 Å². The molecule has 3 fully saturated rings. The highest BCUT2D eigenvalue weighted by Crippen LogP contribution is 2.48. The molecule has 1 spiro atoms. The molecule has 3 saturated heterocycles. The van der Waals surface area contributed by atoms with Crippen molar-refractivity contribution in [3.8, 4) is 0 Å². The van der Waals surface area contributed by atoms with E-state index in [-0.39, 0.29) is 53.7 Å². The first-order valence-corrected chi connectivity index (χ1v) is 18.6. The summed E-state index contributed by atoms with van der Waals surface area (Å²) in [6, 6.07) is -0.0526. The lowest BCUT2D eigenvalue weighted by atomic mass is 9.87. The zero-order valence-corrected chi connectivity index (χ0v) is 28.8. The van der Waals surface area contributed by atoms with E-state index in [9.17, 15) is 14.7 Å². The summed E-state index contributed by atoms with van der Waals surface area (Å²) >= 11 is 0. The van der Waals surface area contributed by atoms with Gasteiger partial charge in [0.25, 0.3) is 0 Å². The number of amides is 1. The van der Waals surface area contributed by atoms with E-state index < -0.39 is 32.1 Å². The molecule has 0 radical (unpaired) electrons. The average Bonchev–Trinajstić information content (AvgIpc) is 3.67. The highest BCUT2D eigenvalue weighted by Gasteiger charge is 2.61. The number of rotatable bonds is 12. The van der Waals surface area contributed by atoms with Gasteiger partial charge >= 0.3 is 5.97 Å². The molecule has 0 aromatic heterocycles. The van der Waals surface area contributed by atoms with Crippen LogP contribution < -0.4 is 5.32 Å². The van der Waals surface area contributed by atoms with Crippen LogP contribution in [0.1, 0.15) is 74.1 Å². The predicted molar refractivity (Wildman–Crippen MR) is 169 cm³/mol. The third kappa shape index (κ3) is 9.83. The smallest absolute Gasteiger partial charge is 0.305 e. The second kappa shape index (κ2) is 14.5. The fraction of sp³-hybridized carbons (Fsp3) is 0.758. The second-order valence-corrected chi connectivity index (χ2v) is 19.0. The normalized spacial score (nSPS) is 34.6. The van der Waals surface area contributed by atoms with Gasteiger partial charge in [0.2, 0.25) is 5.91 Å². The van der Waals surface area contributed by atoms with Crippen LogP contribution in [0.2, 0.25) is 18.1 Å². The highest BCUT2D eigenvalue weighted by molar-refractivity contribution is 6.74. The Kier molecular flexibility index (Phi) is 12.0. The molecule has 43 heavy (non-hydrogen) atoms. The Bertz CT molecular complexity index is 1060. The van der Waals surface area contributed by atoms with Gasteiger partial charge in [0.1, 0.15) is 17.8 Å². The minimum atomic E-state index is -2.15. The number of carboxylic acids is 1. The summed E-state index contributed by atoms with van der Waals surface area (Å²) in [5.74, 6) is -0.747. The first kappa shape index (κ1) is 35.7. The summed E-state index contributed by atoms with van der Waals surface area (Å²) in [6.07, 6.45) is 10.2. The number of ether oxygens (including phenoxy) is 4. The van der Waals surface area contributed by atoms with Crippen molar-refractivity contribution < 1.29 is 38.1 Å². The first-order chi connectivity index (χ1) is 20.0. The van der Waals surface area contributed by atoms with E-state index in [0.29, 0.717) is 13.0 Å². The van der Waals surface area contributed by atoms with Crippen LogP contribution in [-0.2, 0) is 33.0 Å². The number of allylic oxidation sites excluding steroid dienone is 2. The van der Waals surface area contributed by atoms with E-state index in [0.717, 1.165) is 18.4 Å². The maximum atomic E-state index is 12.4. The fourth-order valence-corrected chi connectivity index (χ4v) is 6.85. The van der Waals surface area contributed by atoms with Crippen molar-refractivity contribution in [2.24, 2.45) is 5.92 Å². The van der Waals surface area contributed by atoms with Gasteiger partial charge in [-0.1, -0.05) is 57.6 Å². The number of carbonyl (C=O) groups excluding carboxylic acids is 1. The molecule has 0 saturated carbocycles. The molecule has 1 amide bonds. The van der Waals surface area contributed by atoms with Crippen molar-refractivity contribution in [1.82, 2.24) is 5.32 Å². The molecule has 2 N–H and O–H groups in total. The molecule has 3 aliphatic heterocycles. The molecule has 0 aromatic carbocycles. The molecule has 10 heteroatoms. The van der Waals surface area contributed by atoms with Crippen molar-refractivity contribution in [1.29, 1.82) is 0 Å². The number of epoxide rings is 1. The van der Waals surface area contributed by atoms with Gasteiger partial charge in [0.15, 0.2) is 8.32 Å². The average molecular weight is 622 g/mol. The van der Waals surface area contributed by atoms with Gasteiger partial charge in [-0.05, 0) is 57.7 Å². The van der Waals surface area contributed by atoms with E-state index in [1.54, 1.807) is 13.2 Å². The van der Waals surface area contributed by atoms with Gasteiger partial charge in [0, 0.05) is 19.6 Å². The molecule has 3 heterocycles. The SMILES string of the molecule is CO[C@@H](C)C=CC(=O)N[C@@H]1C[C@H](C)[C@H](CC=C(C)C=C[C@H]2O[C@H](CC(=O)O)C[C@@]3(CO3)[C@@H]2O[Si](C)(C)C(C)(C)C)O[C@@H]1C. The number of aliphatic carboxylic acids is 1. The summed E-state index contributed by atoms with van der Waals surface area (Å²) in [5, 5.41) is 12.5. The maximum absolute atomic E-state index is 12.4. The molecular weight excluding hydrogens is 566 g/mol. The van der Waals surface area contributed by atoms with E-state index in [1.165, 1.54) is 6.08 Å². The van der Waals surface area contributed by atoms with Crippen LogP contribution >= 0.6 is 0 Å². The minimum Gasteiger partial charge on any atom is -0.481 e. The van der Waals surface area contributed by atoms with Crippen molar-refractivity contribution in [2.75, 3.05) is 13.7 Å². The molecule has 9 nitrogen and oxygen atoms in total. The number of methoxy groups -OCH3 is 1. The summed E-state index contributed by atoms with van der Waals surface area (Å²) < 4.78 is 30.7. The predicted octanol–water partition coefficient (Wildman–Crippen LogP) is 5.56. The van der Waals surface area contributed by atoms with Crippen LogP contribution in [-0.4, -0.2) is 87.3 Å². The lowest BCUT2D eigenvalue weighted by Crippen LogP contribution is -2.57. The van der Waals surface area contributed by atoms with Crippen LogP contribution in [0, 0.1) is 5.92 Å². The van der Waals surface area contributed by atoms with Crippen molar-refractivity contribution in [3.63, 3.8) is 0 Å².